The Morgan fingerprint density at radius 3 is 2.50 bits per heavy atom. The number of halogens is 1. The molecule has 0 aliphatic carbocycles. The third kappa shape index (κ3) is 6.84. The summed E-state index contributed by atoms with van der Waals surface area (Å²) in [6.45, 7) is 5.55. The van der Waals surface area contributed by atoms with Crippen LogP contribution in [-0.4, -0.2) is 38.0 Å². The van der Waals surface area contributed by atoms with Crippen LogP contribution < -0.4 is 10.6 Å². The van der Waals surface area contributed by atoms with E-state index >= 15 is 0 Å². The van der Waals surface area contributed by atoms with Crippen molar-refractivity contribution in [2.45, 2.75) is 26.4 Å². The van der Waals surface area contributed by atoms with Gasteiger partial charge in [-0.1, -0.05) is 43.3 Å². The lowest BCUT2D eigenvalue weighted by molar-refractivity contribution is 0.345. The van der Waals surface area contributed by atoms with Crippen LogP contribution in [0.5, 0.6) is 0 Å². The fourth-order valence-electron chi connectivity index (χ4n) is 2.69. The Labute approximate surface area is 156 Å². The molecule has 26 heavy (non-hydrogen) atoms. The van der Waals surface area contributed by atoms with Gasteiger partial charge >= 0.3 is 0 Å². The standard InChI is InChI=1S/C21H29FN4/c1-4-26(3)16-19-9-5-8-18(13-19)15-25-21(23-2)24-12-11-17-7-6-10-20(22)14-17/h5-10,13-14H,4,11-12,15-16H2,1-3H3,(H2,23,24,25). The van der Waals surface area contributed by atoms with Gasteiger partial charge in [0.2, 0.25) is 0 Å². The number of rotatable bonds is 8. The SMILES string of the molecule is CCN(C)Cc1cccc(CNC(=NC)NCCc2cccc(F)c2)c1. The third-order valence-corrected chi connectivity index (χ3v) is 4.26. The summed E-state index contributed by atoms with van der Waals surface area (Å²) in [6, 6.07) is 15.3. The molecule has 0 atom stereocenters. The summed E-state index contributed by atoms with van der Waals surface area (Å²) in [5.41, 5.74) is 3.50. The molecule has 5 heteroatoms. The minimum absolute atomic E-state index is 0.196. The fraction of sp³-hybridized carbons (Fsp3) is 0.381. The molecule has 0 heterocycles. The Kier molecular flexibility index (Phi) is 8.09. The van der Waals surface area contributed by atoms with Crippen LogP contribution in [0.15, 0.2) is 53.5 Å². The van der Waals surface area contributed by atoms with Gasteiger partial charge in [0.15, 0.2) is 5.96 Å². The fourth-order valence-corrected chi connectivity index (χ4v) is 2.69. The Hall–Kier alpha value is -2.40. The van der Waals surface area contributed by atoms with Crippen molar-refractivity contribution in [3.63, 3.8) is 0 Å². The predicted molar refractivity (Wildman–Crippen MR) is 107 cm³/mol. The number of hydrogen-bond donors (Lipinski definition) is 2. The molecule has 2 aromatic rings. The van der Waals surface area contributed by atoms with E-state index in [2.05, 4.69) is 58.8 Å². The highest BCUT2D eigenvalue weighted by Gasteiger charge is 2.02. The maximum absolute atomic E-state index is 13.2. The average molecular weight is 356 g/mol. The first-order chi connectivity index (χ1) is 12.6. The molecule has 0 bridgehead atoms. The average Bonchev–Trinajstić information content (AvgIpc) is 2.64. The molecule has 2 aromatic carbocycles. The van der Waals surface area contributed by atoms with Crippen molar-refractivity contribution in [2.75, 3.05) is 27.2 Å². The van der Waals surface area contributed by atoms with Gasteiger partial charge in [-0.15, -0.1) is 0 Å². The van der Waals surface area contributed by atoms with Gasteiger partial charge in [0.25, 0.3) is 0 Å². The normalized spacial score (nSPS) is 11.7. The second kappa shape index (κ2) is 10.6. The van der Waals surface area contributed by atoms with Gasteiger partial charge in [-0.05, 0) is 48.8 Å². The molecule has 2 N–H and O–H groups in total. The Morgan fingerprint density at radius 2 is 1.77 bits per heavy atom. The molecule has 0 aliphatic rings. The van der Waals surface area contributed by atoms with Crippen molar-refractivity contribution in [3.8, 4) is 0 Å². The lowest BCUT2D eigenvalue weighted by atomic mass is 10.1. The van der Waals surface area contributed by atoms with Crippen LogP contribution in [0.4, 0.5) is 4.39 Å². The molecule has 2 rings (SSSR count). The molecule has 0 radical (unpaired) electrons. The van der Waals surface area contributed by atoms with E-state index in [1.54, 1.807) is 19.2 Å². The van der Waals surface area contributed by atoms with Crippen LogP contribution in [0.25, 0.3) is 0 Å². The molecular formula is C21H29FN4. The highest BCUT2D eigenvalue weighted by Crippen LogP contribution is 2.07. The summed E-state index contributed by atoms with van der Waals surface area (Å²) in [6.07, 6.45) is 0.747. The Morgan fingerprint density at radius 1 is 1.04 bits per heavy atom. The number of benzene rings is 2. The molecule has 0 aromatic heterocycles. The largest absolute Gasteiger partial charge is 0.356 e. The second-order valence-electron chi connectivity index (χ2n) is 6.38. The molecule has 4 nitrogen and oxygen atoms in total. The van der Waals surface area contributed by atoms with Crippen LogP contribution in [0, 0.1) is 5.82 Å². The van der Waals surface area contributed by atoms with Crippen molar-refractivity contribution in [2.24, 2.45) is 4.99 Å². The lowest BCUT2D eigenvalue weighted by Crippen LogP contribution is -2.37. The highest BCUT2D eigenvalue weighted by atomic mass is 19.1. The van der Waals surface area contributed by atoms with Crippen LogP contribution >= 0.6 is 0 Å². The van der Waals surface area contributed by atoms with Gasteiger partial charge in [-0.25, -0.2) is 4.39 Å². The van der Waals surface area contributed by atoms with E-state index in [9.17, 15) is 4.39 Å². The van der Waals surface area contributed by atoms with E-state index in [0.717, 1.165) is 31.0 Å². The molecule has 0 saturated carbocycles. The summed E-state index contributed by atoms with van der Waals surface area (Å²) in [5, 5.41) is 6.60. The van der Waals surface area contributed by atoms with E-state index in [1.165, 1.54) is 17.2 Å². The summed E-state index contributed by atoms with van der Waals surface area (Å²) in [5.74, 6) is 0.552. The van der Waals surface area contributed by atoms with E-state index in [4.69, 9.17) is 0 Å². The molecule has 0 saturated heterocycles. The molecular weight excluding hydrogens is 327 g/mol. The molecule has 0 spiro atoms. The van der Waals surface area contributed by atoms with Crippen molar-refractivity contribution in [1.29, 1.82) is 0 Å². The van der Waals surface area contributed by atoms with E-state index in [1.807, 2.05) is 6.07 Å². The van der Waals surface area contributed by atoms with E-state index in [-0.39, 0.29) is 5.82 Å². The molecule has 0 amide bonds. The zero-order chi connectivity index (χ0) is 18.8. The molecule has 140 valence electrons. The van der Waals surface area contributed by atoms with Gasteiger partial charge in [0, 0.05) is 26.7 Å². The number of hydrogen-bond acceptors (Lipinski definition) is 2. The number of nitrogens with one attached hydrogen (secondary N) is 2. The predicted octanol–water partition coefficient (Wildman–Crippen LogP) is 3.19. The van der Waals surface area contributed by atoms with Crippen molar-refractivity contribution < 1.29 is 4.39 Å². The zero-order valence-electron chi connectivity index (χ0n) is 15.9. The zero-order valence-corrected chi connectivity index (χ0v) is 15.9. The molecule has 0 unspecified atom stereocenters. The first-order valence-corrected chi connectivity index (χ1v) is 9.06. The monoisotopic (exact) mass is 356 g/mol. The summed E-state index contributed by atoms with van der Waals surface area (Å²) in [4.78, 5) is 6.53. The van der Waals surface area contributed by atoms with Crippen molar-refractivity contribution >= 4 is 5.96 Å². The van der Waals surface area contributed by atoms with E-state index < -0.39 is 0 Å². The quantitative estimate of drug-likeness (QED) is 0.564. The maximum Gasteiger partial charge on any atom is 0.191 e. The van der Waals surface area contributed by atoms with E-state index in [0.29, 0.717) is 13.1 Å². The van der Waals surface area contributed by atoms with Crippen molar-refractivity contribution in [3.05, 3.63) is 71.0 Å². The second-order valence-corrected chi connectivity index (χ2v) is 6.38. The maximum atomic E-state index is 13.2. The summed E-state index contributed by atoms with van der Waals surface area (Å²) < 4.78 is 13.2. The van der Waals surface area contributed by atoms with Crippen LogP contribution in [0.2, 0.25) is 0 Å². The summed E-state index contributed by atoms with van der Waals surface area (Å²) in [7, 11) is 3.87. The lowest BCUT2D eigenvalue weighted by Gasteiger charge is -2.15. The highest BCUT2D eigenvalue weighted by molar-refractivity contribution is 5.79. The number of aliphatic imine (C=N–C) groups is 1. The van der Waals surface area contributed by atoms with Gasteiger partial charge in [-0.3, -0.25) is 4.99 Å². The number of nitrogens with zero attached hydrogens (tertiary/aromatic N) is 2. The van der Waals surface area contributed by atoms with Crippen LogP contribution in [0.1, 0.15) is 23.6 Å². The Balaban J connectivity index is 1.80. The van der Waals surface area contributed by atoms with Crippen LogP contribution in [-0.2, 0) is 19.5 Å². The first kappa shape index (κ1) is 19.9. The number of guanidine groups is 1. The Bertz CT molecular complexity index is 715. The summed E-state index contributed by atoms with van der Waals surface area (Å²) >= 11 is 0. The molecule has 0 fully saturated rings. The minimum Gasteiger partial charge on any atom is -0.356 e. The first-order valence-electron chi connectivity index (χ1n) is 9.06. The van der Waals surface area contributed by atoms with Gasteiger partial charge in [0.1, 0.15) is 5.82 Å². The molecule has 0 aliphatic heterocycles. The van der Waals surface area contributed by atoms with Gasteiger partial charge in [0.05, 0.1) is 0 Å². The topological polar surface area (TPSA) is 39.7 Å². The van der Waals surface area contributed by atoms with Crippen molar-refractivity contribution in [1.82, 2.24) is 15.5 Å². The third-order valence-electron chi connectivity index (χ3n) is 4.26. The van der Waals surface area contributed by atoms with Crippen LogP contribution in [0.3, 0.4) is 0 Å². The van der Waals surface area contributed by atoms with Gasteiger partial charge < -0.3 is 15.5 Å². The smallest absolute Gasteiger partial charge is 0.191 e. The minimum atomic E-state index is -0.196. The van der Waals surface area contributed by atoms with Gasteiger partial charge in [-0.2, -0.15) is 0 Å².